The molecule has 0 aliphatic rings. The van der Waals surface area contributed by atoms with E-state index in [1.807, 2.05) is 32.0 Å². The number of carbonyl (C=O) groups excluding carboxylic acids is 3. The molecule has 196 valence electrons. The number of aryl methyl sites for hydroxylation is 2. The summed E-state index contributed by atoms with van der Waals surface area (Å²) in [6, 6.07) is 15.6. The number of aromatic nitrogens is 2. The van der Waals surface area contributed by atoms with Crippen molar-refractivity contribution in [1.82, 2.24) is 9.88 Å². The second-order valence-electron chi connectivity index (χ2n) is 8.65. The quantitative estimate of drug-likeness (QED) is 0.158. The fraction of sp³-hybridized carbons (Fsp3) is 0.214. The molecule has 0 unspecified atom stereocenters. The number of nitrogens with one attached hydrogen (secondary N) is 2. The van der Waals surface area contributed by atoms with Crippen LogP contribution in [0, 0.1) is 13.8 Å². The molecule has 10 heteroatoms. The predicted octanol–water partition coefficient (Wildman–Crippen LogP) is 3.27. The summed E-state index contributed by atoms with van der Waals surface area (Å²) in [7, 11) is 0. The van der Waals surface area contributed by atoms with Gasteiger partial charge in [-0.1, -0.05) is 18.7 Å². The van der Waals surface area contributed by atoms with Gasteiger partial charge >= 0.3 is 11.9 Å². The molecule has 4 rings (SSSR count). The molecule has 0 atom stereocenters. The summed E-state index contributed by atoms with van der Waals surface area (Å²) in [4.78, 5) is 38.0. The van der Waals surface area contributed by atoms with Gasteiger partial charge in [-0.2, -0.15) is 8.97 Å². The zero-order valence-electron chi connectivity index (χ0n) is 21.3. The molecule has 9 nitrogen and oxygen atoms in total. The molecule has 0 radical (unpaired) electrons. The molecule has 2 amide bonds. The first-order valence-corrected chi connectivity index (χ1v) is 12.5. The molecule has 0 saturated heterocycles. The maximum absolute atomic E-state index is 13.5. The molecule has 3 N–H and O–H groups in total. The standard InChI is InChI=1S/C28H28N4O5S/c1-4-37-28(36)19-6-8-21(9-7-19)30-26(35)24-27(38)32(22-10-5-17(2)18(3)15-22)23-16-20(11-13-31(23)24)25(34)29-12-14-33/h5-11,13,15-16,33H,4,12,14H2,1-3H3,(H2-,29,30,34,35,36,38)/p+1. The fourth-order valence-electron chi connectivity index (χ4n) is 4.01. The molecule has 38 heavy (non-hydrogen) atoms. The van der Waals surface area contributed by atoms with E-state index < -0.39 is 11.9 Å². The number of fused-ring (bicyclic) bond motifs is 1. The minimum absolute atomic E-state index is 0.128. The van der Waals surface area contributed by atoms with Crippen molar-refractivity contribution in [1.29, 1.82) is 0 Å². The molecular weight excluding hydrogens is 504 g/mol. The number of esters is 1. The van der Waals surface area contributed by atoms with Gasteiger partial charge in [0.2, 0.25) is 5.03 Å². The minimum atomic E-state index is -0.436. The maximum Gasteiger partial charge on any atom is 0.338 e. The summed E-state index contributed by atoms with van der Waals surface area (Å²) in [5.41, 5.74) is 5.02. The van der Waals surface area contributed by atoms with E-state index in [0.29, 0.717) is 27.5 Å². The van der Waals surface area contributed by atoms with Gasteiger partial charge in [-0.05, 0) is 74.4 Å². The molecule has 4 aromatic rings. The van der Waals surface area contributed by atoms with Crippen LogP contribution in [0.3, 0.4) is 0 Å². The Balaban J connectivity index is 1.78. The average molecular weight is 534 g/mol. The Bertz CT molecular complexity index is 1530. The number of nitrogens with zero attached hydrogens (tertiary/aromatic N) is 2. The van der Waals surface area contributed by atoms with E-state index in [9.17, 15) is 14.4 Å². The Morgan fingerprint density at radius 1 is 0.974 bits per heavy atom. The van der Waals surface area contributed by atoms with Gasteiger partial charge in [-0.25, -0.2) is 4.79 Å². The van der Waals surface area contributed by atoms with Crippen LogP contribution in [0.2, 0.25) is 0 Å². The summed E-state index contributed by atoms with van der Waals surface area (Å²) in [6.45, 7) is 5.97. The predicted molar refractivity (Wildman–Crippen MR) is 145 cm³/mol. The van der Waals surface area contributed by atoms with Crippen LogP contribution in [-0.2, 0) is 4.74 Å². The van der Waals surface area contributed by atoms with Crippen molar-refractivity contribution >= 4 is 41.7 Å². The summed E-state index contributed by atoms with van der Waals surface area (Å²) in [5, 5.41) is 14.9. The number of pyridine rings is 1. The molecule has 2 aromatic heterocycles. The highest BCUT2D eigenvalue weighted by molar-refractivity contribution is 7.80. The van der Waals surface area contributed by atoms with Gasteiger partial charge in [-0.15, -0.1) is 0 Å². The van der Waals surface area contributed by atoms with E-state index in [1.165, 1.54) is 0 Å². The van der Waals surface area contributed by atoms with Crippen LogP contribution >= 0.6 is 12.6 Å². The molecule has 0 spiro atoms. The third-order valence-electron chi connectivity index (χ3n) is 6.11. The Hall–Kier alpha value is -4.15. The Kier molecular flexibility index (Phi) is 8.13. The lowest BCUT2D eigenvalue weighted by Crippen LogP contribution is -2.32. The monoisotopic (exact) mass is 533 g/mol. The number of hydrogen-bond donors (Lipinski definition) is 4. The number of thiol groups is 1. The Morgan fingerprint density at radius 2 is 1.71 bits per heavy atom. The third-order valence-corrected chi connectivity index (χ3v) is 6.52. The fourth-order valence-corrected chi connectivity index (χ4v) is 4.44. The smallest absolute Gasteiger partial charge is 0.338 e. The SMILES string of the molecule is CCOC(=O)c1ccc(NC(=O)c2c(S)n(-c3ccc(C)c(C)c3)c3cc(C(=O)NCCO)cc[n+]23)cc1. The molecule has 0 bridgehead atoms. The van der Waals surface area contributed by atoms with E-state index in [0.717, 1.165) is 16.8 Å². The van der Waals surface area contributed by atoms with E-state index in [1.54, 1.807) is 58.5 Å². The highest BCUT2D eigenvalue weighted by Crippen LogP contribution is 2.25. The molecular formula is C28H29N4O5S+. The normalized spacial score (nSPS) is 10.9. The number of aliphatic hydroxyl groups is 1. The van der Waals surface area contributed by atoms with Crippen molar-refractivity contribution in [2.75, 3.05) is 25.1 Å². The van der Waals surface area contributed by atoms with Crippen molar-refractivity contribution in [3.05, 3.63) is 88.7 Å². The molecule has 0 saturated carbocycles. The van der Waals surface area contributed by atoms with Gasteiger partial charge in [0.05, 0.1) is 30.5 Å². The highest BCUT2D eigenvalue weighted by atomic mass is 32.1. The Labute approximate surface area is 225 Å². The van der Waals surface area contributed by atoms with Crippen LogP contribution in [0.5, 0.6) is 0 Å². The van der Waals surface area contributed by atoms with Crippen LogP contribution in [0.4, 0.5) is 5.69 Å². The number of benzene rings is 2. The lowest BCUT2D eigenvalue weighted by molar-refractivity contribution is -0.514. The van der Waals surface area contributed by atoms with Crippen molar-refractivity contribution in [2.45, 2.75) is 25.8 Å². The minimum Gasteiger partial charge on any atom is -0.462 e. The topological polar surface area (TPSA) is 114 Å². The van der Waals surface area contributed by atoms with Crippen molar-refractivity contribution in [3.63, 3.8) is 0 Å². The summed E-state index contributed by atoms with van der Waals surface area (Å²) in [6.07, 6.45) is 1.64. The first kappa shape index (κ1) is 26.9. The van der Waals surface area contributed by atoms with Crippen molar-refractivity contribution in [3.8, 4) is 5.69 Å². The second kappa shape index (κ2) is 11.5. The lowest BCUT2D eigenvalue weighted by Gasteiger charge is -2.05. The average Bonchev–Trinajstić information content (AvgIpc) is 3.20. The van der Waals surface area contributed by atoms with E-state index in [4.69, 9.17) is 22.5 Å². The summed E-state index contributed by atoms with van der Waals surface area (Å²) in [5.74, 6) is -1.20. The van der Waals surface area contributed by atoms with E-state index in [-0.39, 0.29) is 31.4 Å². The number of hydrogen-bond acceptors (Lipinski definition) is 6. The number of rotatable bonds is 8. The maximum atomic E-state index is 13.5. The van der Waals surface area contributed by atoms with Crippen molar-refractivity contribution < 1.29 is 28.6 Å². The van der Waals surface area contributed by atoms with Crippen LogP contribution in [0.1, 0.15) is 49.3 Å². The van der Waals surface area contributed by atoms with E-state index >= 15 is 0 Å². The molecule has 2 heterocycles. The Morgan fingerprint density at radius 3 is 2.37 bits per heavy atom. The van der Waals surface area contributed by atoms with Gasteiger partial charge in [0.25, 0.3) is 17.2 Å². The zero-order valence-corrected chi connectivity index (χ0v) is 22.2. The number of ether oxygens (including phenoxy) is 1. The van der Waals surface area contributed by atoms with Gasteiger partial charge in [-0.3, -0.25) is 9.59 Å². The second-order valence-corrected chi connectivity index (χ2v) is 9.07. The van der Waals surface area contributed by atoms with Gasteiger partial charge < -0.3 is 20.5 Å². The lowest BCUT2D eigenvalue weighted by atomic mass is 10.1. The summed E-state index contributed by atoms with van der Waals surface area (Å²) < 4.78 is 8.48. The molecule has 0 aliphatic heterocycles. The van der Waals surface area contributed by atoms with Gasteiger partial charge in [0.15, 0.2) is 0 Å². The van der Waals surface area contributed by atoms with E-state index in [2.05, 4.69) is 10.6 Å². The first-order valence-electron chi connectivity index (χ1n) is 12.1. The number of anilines is 1. The number of aliphatic hydroxyl groups excluding tert-OH is 1. The van der Waals surface area contributed by atoms with Crippen molar-refractivity contribution in [2.24, 2.45) is 0 Å². The molecule has 2 aromatic carbocycles. The zero-order chi connectivity index (χ0) is 27.4. The largest absolute Gasteiger partial charge is 0.462 e. The molecule has 0 fully saturated rings. The number of imidazole rings is 1. The van der Waals surface area contributed by atoms with Gasteiger partial charge in [0.1, 0.15) is 5.69 Å². The number of carbonyl (C=O) groups is 3. The highest BCUT2D eigenvalue weighted by Gasteiger charge is 2.31. The molecule has 0 aliphatic carbocycles. The number of amides is 2. The summed E-state index contributed by atoms with van der Waals surface area (Å²) >= 11 is 4.74. The third kappa shape index (κ3) is 5.41. The van der Waals surface area contributed by atoms with Crippen LogP contribution in [0.25, 0.3) is 11.3 Å². The van der Waals surface area contributed by atoms with Gasteiger partial charge in [0, 0.05) is 18.3 Å². The van der Waals surface area contributed by atoms with Crippen LogP contribution in [0.15, 0.2) is 65.8 Å². The first-order chi connectivity index (χ1) is 18.2. The van der Waals surface area contributed by atoms with Crippen LogP contribution in [-0.4, -0.2) is 47.2 Å². The van der Waals surface area contributed by atoms with Crippen LogP contribution < -0.4 is 15.0 Å².